The zero-order valence-corrected chi connectivity index (χ0v) is 8.45. The molecule has 0 amide bonds. The van der Waals surface area contributed by atoms with Crippen molar-refractivity contribution in [2.24, 2.45) is 0 Å². The van der Waals surface area contributed by atoms with Gasteiger partial charge in [-0.15, -0.1) is 0 Å². The number of hydrogen-bond donors (Lipinski definition) is 0. The first-order valence-corrected chi connectivity index (χ1v) is 4.34. The normalized spacial score (nSPS) is 9.77. The van der Waals surface area contributed by atoms with Crippen molar-refractivity contribution in [3.8, 4) is 0 Å². The van der Waals surface area contributed by atoms with Gasteiger partial charge in [0.2, 0.25) is 5.78 Å². The Balaban J connectivity index is 3.15. The average molecular weight is 237 g/mol. The average Bonchev–Trinajstić information content (AvgIpc) is 2.01. The summed E-state index contributed by atoms with van der Waals surface area (Å²) in [4.78, 5) is 21.5. The molecule has 2 nitrogen and oxygen atoms in total. The van der Waals surface area contributed by atoms with E-state index in [9.17, 15) is 9.59 Å². The van der Waals surface area contributed by atoms with Crippen molar-refractivity contribution in [3.63, 3.8) is 0 Å². The largest absolute Gasteiger partial charge is 0.293 e. The molecule has 5 heteroatoms. The van der Waals surface area contributed by atoms with E-state index < -0.39 is 11.0 Å². The summed E-state index contributed by atoms with van der Waals surface area (Å²) >= 11 is 16.2. The molecule has 0 aliphatic carbocycles. The Hall–Kier alpha value is -0.570. The van der Waals surface area contributed by atoms with Gasteiger partial charge in [0.25, 0.3) is 5.24 Å². The van der Waals surface area contributed by atoms with Crippen molar-refractivity contribution < 1.29 is 9.59 Å². The summed E-state index contributed by atoms with van der Waals surface area (Å²) in [5.74, 6) is -0.814. The maximum absolute atomic E-state index is 11.1. The first kappa shape index (κ1) is 10.5. The number of rotatable bonds is 2. The van der Waals surface area contributed by atoms with Crippen LogP contribution in [0.3, 0.4) is 0 Å². The van der Waals surface area contributed by atoms with E-state index in [0.717, 1.165) is 0 Å². The van der Waals surface area contributed by atoms with E-state index in [1.165, 1.54) is 18.2 Å². The molecule has 0 unspecified atom stereocenters. The predicted octanol–water partition coefficient (Wildman–Crippen LogP) is 2.94. The Morgan fingerprint density at radius 1 is 1.00 bits per heavy atom. The fourth-order valence-electron chi connectivity index (χ4n) is 0.798. The third kappa shape index (κ3) is 2.69. The van der Waals surface area contributed by atoms with E-state index in [4.69, 9.17) is 34.8 Å². The Morgan fingerprint density at radius 2 is 1.46 bits per heavy atom. The molecular formula is C8H3Cl3O2. The van der Waals surface area contributed by atoms with Gasteiger partial charge >= 0.3 is 0 Å². The second-order valence-corrected chi connectivity index (χ2v) is 3.48. The summed E-state index contributed by atoms with van der Waals surface area (Å²) in [6.07, 6.45) is 0. The van der Waals surface area contributed by atoms with Crippen molar-refractivity contribution in [1.29, 1.82) is 0 Å². The van der Waals surface area contributed by atoms with Gasteiger partial charge in [0.1, 0.15) is 0 Å². The van der Waals surface area contributed by atoms with Crippen LogP contribution in [0.15, 0.2) is 18.2 Å². The van der Waals surface area contributed by atoms with Crippen LogP contribution in [0.1, 0.15) is 10.4 Å². The third-order valence-electron chi connectivity index (χ3n) is 1.30. The van der Waals surface area contributed by atoms with Gasteiger partial charge in [-0.3, -0.25) is 9.59 Å². The number of ketones is 1. The number of Topliss-reactive ketones (excluding diaryl/α,β-unsaturated/α-hetero) is 1. The molecule has 0 spiro atoms. The molecule has 0 saturated heterocycles. The molecule has 13 heavy (non-hydrogen) atoms. The van der Waals surface area contributed by atoms with E-state index in [2.05, 4.69) is 0 Å². The molecule has 0 heterocycles. The molecular weight excluding hydrogens is 234 g/mol. The van der Waals surface area contributed by atoms with Crippen molar-refractivity contribution in [1.82, 2.24) is 0 Å². The molecule has 0 N–H and O–H groups in total. The number of halogens is 3. The monoisotopic (exact) mass is 236 g/mol. The Bertz CT molecular complexity index is 353. The Morgan fingerprint density at radius 3 is 1.85 bits per heavy atom. The SMILES string of the molecule is O=C(Cl)C(=O)c1cc(Cl)cc(Cl)c1. The van der Waals surface area contributed by atoms with Crippen molar-refractivity contribution in [2.45, 2.75) is 0 Å². The quantitative estimate of drug-likeness (QED) is 0.450. The third-order valence-corrected chi connectivity index (χ3v) is 1.91. The number of carbonyl (C=O) groups excluding carboxylic acids is 2. The minimum Gasteiger partial charge on any atom is -0.284 e. The second kappa shape index (κ2) is 4.09. The molecule has 1 aromatic rings. The van der Waals surface area contributed by atoms with Gasteiger partial charge in [0.15, 0.2) is 0 Å². The lowest BCUT2D eigenvalue weighted by atomic mass is 10.1. The zero-order valence-electron chi connectivity index (χ0n) is 6.18. The fourth-order valence-corrected chi connectivity index (χ4v) is 1.43. The standard InChI is InChI=1S/C8H3Cl3O2/c9-5-1-4(2-6(10)3-5)7(12)8(11)13/h1-3H. The smallest absolute Gasteiger partial charge is 0.284 e. The fraction of sp³-hybridized carbons (Fsp3) is 0. The van der Waals surface area contributed by atoms with Crippen molar-refractivity contribution in [2.75, 3.05) is 0 Å². The molecule has 0 aliphatic heterocycles. The maximum Gasteiger partial charge on any atom is 0.293 e. The molecule has 1 aromatic carbocycles. The first-order chi connectivity index (χ1) is 6.00. The predicted molar refractivity (Wildman–Crippen MR) is 51.7 cm³/mol. The van der Waals surface area contributed by atoms with Crippen LogP contribution in [-0.4, -0.2) is 11.0 Å². The van der Waals surface area contributed by atoms with Crippen LogP contribution >= 0.6 is 34.8 Å². The maximum atomic E-state index is 11.1. The molecule has 0 aliphatic rings. The van der Waals surface area contributed by atoms with Crippen LogP contribution in [0.5, 0.6) is 0 Å². The summed E-state index contributed by atoms with van der Waals surface area (Å²) in [6.45, 7) is 0. The lowest BCUT2D eigenvalue weighted by Gasteiger charge is -1.97. The Labute approximate surface area is 89.4 Å². The summed E-state index contributed by atoms with van der Waals surface area (Å²) in [7, 11) is 0. The highest BCUT2D eigenvalue weighted by Gasteiger charge is 2.14. The number of carbonyl (C=O) groups is 2. The first-order valence-electron chi connectivity index (χ1n) is 3.21. The molecule has 0 radical (unpaired) electrons. The van der Waals surface area contributed by atoms with Gasteiger partial charge in [0.05, 0.1) is 0 Å². The van der Waals surface area contributed by atoms with Crippen LogP contribution in [-0.2, 0) is 4.79 Å². The van der Waals surface area contributed by atoms with Gasteiger partial charge in [-0.05, 0) is 29.8 Å². The van der Waals surface area contributed by atoms with Gasteiger partial charge in [-0.25, -0.2) is 0 Å². The van der Waals surface area contributed by atoms with E-state index in [1.807, 2.05) is 0 Å². The zero-order chi connectivity index (χ0) is 10.0. The molecule has 0 bridgehead atoms. The van der Waals surface area contributed by atoms with Gasteiger partial charge in [-0.1, -0.05) is 23.2 Å². The van der Waals surface area contributed by atoms with E-state index >= 15 is 0 Å². The van der Waals surface area contributed by atoms with E-state index in [-0.39, 0.29) is 15.6 Å². The van der Waals surface area contributed by atoms with Crippen molar-refractivity contribution in [3.05, 3.63) is 33.8 Å². The molecule has 1 rings (SSSR count). The summed E-state index contributed by atoms with van der Waals surface area (Å²) < 4.78 is 0. The summed E-state index contributed by atoms with van der Waals surface area (Å²) in [6, 6.07) is 4.12. The lowest BCUT2D eigenvalue weighted by molar-refractivity contribution is -0.108. The summed E-state index contributed by atoms with van der Waals surface area (Å²) in [5, 5.41) is -0.485. The summed E-state index contributed by atoms with van der Waals surface area (Å²) in [5.41, 5.74) is 0.0949. The van der Waals surface area contributed by atoms with Crippen LogP contribution in [0.2, 0.25) is 10.0 Å². The Kier molecular flexibility index (Phi) is 3.31. The minimum absolute atomic E-state index is 0.0949. The molecule has 0 atom stereocenters. The van der Waals surface area contributed by atoms with E-state index in [1.54, 1.807) is 0 Å². The number of hydrogen-bond acceptors (Lipinski definition) is 2. The minimum atomic E-state index is -1.06. The highest BCUT2D eigenvalue weighted by atomic mass is 35.5. The highest BCUT2D eigenvalue weighted by Crippen LogP contribution is 2.19. The second-order valence-electron chi connectivity index (χ2n) is 2.26. The molecule has 68 valence electrons. The topological polar surface area (TPSA) is 34.1 Å². The van der Waals surface area contributed by atoms with E-state index in [0.29, 0.717) is 0 Å². The lowest BCUT2D eigenvalue weighted by Crippen LogP contribution is -2.06. The van der Waals surface area contributed by atoms with Gasteiger partial charge in [0, 0.05) is 15.6 Å². The van der Waals surface area contributed by atoms with Crippen LogP contribution in [0.4, 0.5) is 0 Å². The number of benzene rings is 1. The van der Waals surface area contributed by atoms with Gasteiger partial charge < -0.3 is 0 Å². The highest BCUT2D eigenvalue weighted by molar-refractivity contribution is 6.83. The van der Waals surface area contributed by atoms with Crippen LogP contribution in [0.25, 0.3) is 0 Å². The van der Waals surface area contributed by atoms with Crippen LogP contribution in [0, 0.1) is 0 Å². The molecule has 0 saturated carbocycles. The van der Waals surface area contributed by atoms with Crippen LogP contribution < -0.4 is 0 Å². The van der Waals surface area contributed by atoms with Gasteiger partial charge in [-0.2, -0.15) is 0 Å². The molecule has 0 fully saturated rings. The van der Waals surface area contributed by atoms with Crippen molar-refractivity contribution >= 4 is 45.8 Å². The molecule has 0 aromatic heterocycles.